The Labute approximate surface area is 178 Å². The molecule has 168 valence electrons. The molecule has 29 heavy (non-hydrogen) atoms. The van der Waals surface area contributed by atoms with Crippen molar-refractivity contribution < 1.29 is 29.3 Å². The van der Waals surface area contributed by atoms with Crippen LogP contribution in [0.25, 0.3) is 0 Å². The Balaban J connectivity index is 0.000000438. The van der Waals surface area contributed by atoms with Crippen molar-refractivity contribution in [3.05, 3.63) is 0 Å². The largest absolute Gasteiger partial charge is 0.473 e. The van der Waals surface area contributed by atoms with Crippen molar-refractivity contribution in [2.75, 3.05) is 32.6 Å². The van der Waals surface area contributed by atoms with Crippen LogP contribution >= 0.6 is 11.6 Å². The Morgan fingerprint density at radius 1 is 0.966 bits per heavy atom. The van der Waals surface area contributed by atoms with Crippen LogP contribution in [0.15, 0.2) is 0 Å². The molecule has 2 aliphatic carbocycles. The molecule has 0 aromatic rings. The average Bonchev–Trinajstić information content (AvgIpc) is 3.15. The molecular formula is C21H36ClNO6. The van der Waals surface area contributed by atoms with E-state index in [4.69, 9.17) is 40.9 Å². The first kappa shape index (κ1) is 24.4. The SMILES string of the molecule is CN(CCCl)C[C@@H]1COC(C2CCCCC2)(C2CCCCC2)O1.O=C(O)C(=O)O. The molecule has 3 rings (SSSR count). The third-order valence-electron chi connectivity index (χ3n) is 6.36. The van der Waals surface area contributed by atoms with E-state index in [-0.39, 0.29) is 11.9 Å². The molecule has 3 fully saturated rings. The molecule has 1 heterocycles. The first-order chi connectivity index (χ1) is 13.9. The lowest BCUT2D eigenvalue weighted by Gasteiger charge is -2.45. The number of carboxylic acids is 2. The summed E-state index contributed by atoms with van der Waals surface area (Å²) in [6.07, 6.45) is 13.6. The van der Waals surface area contributed by atoms with E-state index in [9.17, 15) is 0 Å². The predicted molar refractivity (Wildman–Crippen MR) is 110 cm³/mol. The maximum Gasteiger partial charge on any atom is 0.414 e. The number of hydrogen-bond donors (Lipinski definition) is 2. The lowest BCUT2D eigenvalue weighted by Crippen LogP contribution is -2.49. The summed E-state index contributed by atoms with van der Waals surface area (Å²) >= 11 is 5.87. The van der Waals surface area contributed by atoms with Gasteiger partial charge in [0.1, 0.15) is 0 Å². The Morgan fingerprint density at radius 3 is 1.86 bits per heavy atom. The van der Waals surface area contributed by atoms with E-state index in [1.807, 2.05) is 0 Å². The van der Waals surface area contributed by atoms with Crippen LogP contribution in [0.2, 0.25) is 0 Å². The minimum Gasteiger partial charge on any atom is -0.473 e. The van der Waals surface area contributed by atoms with Crippen LogP contribution in [-0.4, -0.2) is 71.6 Å². The number of ether oxygens (including phenoxy) is 2. The van der Waals surface area contributed by atoms with Crippen molar-refractivity contribution in [2.45, 2.75) is 76.1 Å². The highest BCUT2D eigenvalue weighted by molar-refractivity contribution is 6.27. The zero-order valence-electron chi connectivity index (χ0n) is 17.5. The van der Waals surface area contributed by atoms with Crippen molar-refractivity contribution >= 4 is 23.5 Å². The smallest absolute Gasteiger partial charge is 0.414 e. The lowest BCUT2D eigenvalue weighted by atomic mass is 9.72. The minimum atomic E-state index is -1.82. The number of hydrogen-bond acceptors (Lipinski definition) is 5. The summed E-state index contributed by atoms with van der Waals surface area (Å²) in [6.45, 7) is 2.62. The molecule has 0 radical (unpaired) electrons. The Kier molecular flexibility index (Phi) is 10.2. The van der Waals surface area contributed by atoms with E-state index >= 15 is 0 Å². The molecule has 0 aromatic heterocycles. The summed E-state index contributed by atoms with van der Waals surface area (Å²) in [7, 11) is 2.13. The van der Waals surface area contributed by atoms with Gasteiger partial charge < -0.3 is 24.6 Å². The van der Waals surface area contributed by atoms with Gasteiger partial charge in [-0.25, -0.2) is 9.59 Å². The highest BCUT2D eigenvalue weighted by Gasteiger charge is 2.53. The third-order valence-corrected chi connectivity index (χ3v) is 6.53. The Bertz CT molecular complexity index is 489. The van der Waals surface area contributed by atoms with Crippen LogP contribution in [-0.2, 0) is 19.1 Å². The zero-order valence-corrected chi connectivity index (χ0v) is 18.2. The molecule has 2 N–H and O–H groups in total. The van der Waals surface area contributed by atoms with Gasteiger partial charge in [0.2, 0.25) is 0 Å². The topological polar surface area (TPSA) is 96.3 Å². The second kappa shape index (κ2) is 12.1. The van der Waals surface area contributed by atoms with Gasteiger partial charge in [-0.1, -0.05) is 38.5 Å². The monoisotopic (exact) mass is 433 g/mol. The van der Waals surface area contributed by atoms with E-state index in [1.165, 1.54) is 64.2 Å². The molecule has 1 atom stereocenters. The fourth-order valence-corrected chi connectivity index (χ4v) is 5.28. The van der Waals surface area contributed by atoms with E-state index < -0.39 is 11.9 Å². The van der Waals surface area contributed by atoms with Crippen LogP contribution in [0, 0.1) is 11.8 Å². The number of nitrogens with zero attached hydrogens (tertiary/aromatic N) is 1. The predicted octanol–water partition coefficient (Wildman–Crippen LogP) is 3.58. The van der Waals surface area contributed by atoms with Crippen molar-refractivity contribution in [1.82, 2.24) is 4.90 Å². The van der Waals surface area contributed by atoms with Gasteiger partial charge in [0.15, 0.2) is 5.79 Å². The molecule has 0 unspecified atom stereocenters. The minimum absolute atomic E-state index is 0.215. The highest BCUT2D eigenvalue weighted by Crippen LogP contribution is 2.48. The lowest BCUT2D eigenvalue weighted by molar-refractivity contribution is -0.250. The van der Waals surface area contributed by atoms with E-state index in [0.717, 1.165) is 19.7 Å². The molecule has 0 bridgehead atoms. The number of likely N-dealkylation sites (N-methyl/N-ethyl adjacent to an activating group) is 1. The molecule has 7 nitrogen and oxygen atoms in total. The van der Waals surface area contributed by atoms with Gasteiger partial charge in [0.05, 0.1) is 12.7 Å². The second-order valence-electron chi connectivity index (χ2n) is 8.50. The maximum atomic E-state index is 9.10. The van der Waals surface area contributed by atoms with Crippen molar-refractivity contribution in [3.63, 3.8) is 0 Å². The number of alkyl halides is 1. The van der Waals surface area contributed by atoms with Crippen LogP contribution in [0.1, 0.15) is 64.2 Å². The van der Waals surface area contributed by atoms with Crippen molar-refractivity contribution in [3.8, 4) is 0 Å². The number of halogens is 1. The number of carboxylic acid groups (broad SMARTS) is 2. The van der Waals surface area contributed by atoms with Gasteiger partial charge in [-0.3, -0.25) is 0 Å². The quantitative estimate of drug-likeness (QED) is 0.488. The normalized spacial score (nSPS) is 25.4. The number of rotatable bonds is 6. The van der Waals surface area contributed by atoms with Crippen LogP contribution < -0.4 is 0 Å². The van der Waals surface area contributed by atoms with Gasteiger partial charge in [-0.15, -0.1) is 11.6 Å². The number of aliphatic carboxylic acids is 2. The fraction of sp³-hybridized carbons (Fsp3) is 0.905. The van der Waals surface area contributed by atoms with Gasteiger partial charge in [-0.05, 0) is 32.7 Å². The molecule has 2 saturated carbocycles. The first-order valence-electron chi connectivity index (χ1n) is 10.9. The summed E-state index contributed by atoms with van der Waals surface area (Å²) in [5.74, 6) is -2.01. The van der Waals surface area contributed by atoms with Gasteiger partial charge >= 0.3 is 11.9 Å². The second-order valence-corrected chi connectivity index (χ2v) is 8.88. The fourth-order valence-electron chi connectivity index (χ4n) is 5.00. The van der Waals surface area contributed by atoms with Crippen LogP contribution in [0.5, 0.6) is 0 Å². The highest BCUT2D eigenvalue weighted by atomic mass is 35.5. The van der Waals surface area contributed by atoms with Gasteiger partial charge in [0.25, 0.3) is 0 Å². The maximum absolute atomic E-state index is 9.10. The Morgan fingerprint density at radius 2 is 1.45 bits per heavy atom. The van der Waals surface area contributed by atoms with Crippen LogP contribution in [0.3, 0.4) is 0 Å². The van der Waals surface area contributed by atoms with E-state index in [2.05, 4.69) is 11.9 Å². The van der Waals surface area contributed by atoms with Crippen molar-refractivity contribution in [1.29, 1.82) is 0 Å². The van der Waals surface area contributed by atoms with Crippen LogP contribution in [0.4, 0.5) is 0 Å². The molecule has 3 aliphatic rings. The number of carbonyl (C=O) groups is 2. The molecule has 1 aliphatic heterocycles. The van der Waals surface area contributed by atoms with E-state index in [1.54, 1.807) is 0 Å². The van der Waals surface area contributed by atoms with Crippen molar-refractivity contribution in [2.24, 2.45) is 11.8 Å². The summed E-state index contributed by atoms with van der Waals surface area (Å²) in [4.78, 5) is 20.5. The van der Waals surface area contributed by atoms with Gasteiger partial charge in [0, 0.05) is 30.8 Å². The molecule has 1 saturated heterocycles. The standard InChI is InChI=1S/C19H34ClNO2.C2H2O4/c1-21(13-12-20)14-18-15-22-19(23-18,16-8-4-2-5-9-16)17-10-6-3-7-11-17;3-1(4)2(5)6/h16-18H,2-15H2,1H3;(H,3,4)(H,5,6)/t18-;/m1./s1. The summed E-state index contributed by atoms with van der Waals surface area (Å²) < 4.78 is 13.3. The molecular weight excluding hydrogens is 398 g/mol. The third kappa shape index (κ3) is 7.09. The summed E-state index contributed by atoms with van der Waals surface area (Å²) in [5.41, 5.74) is 0. The van der Waals surface area contributed by atoms with E-state index in [0.29, 0.717) is 17.7 Å². The molecule has 0 amide bonds. The first-order valence-corrected chi connectivity index (χ1v) is 11.4. The summed E-state index contributed by atoms with van der Waals surface area (Å²) in [6, 6.07) is 0. The Hall–Kier alpha value is -0.890. The van der Waals surface area contributed by atoms with Gasteiger partial charge in [-0.2, -0.15) is 0 Å². The average molecular weight is 434 g/mol. The molecule has 8 heteroatoms. The molecule has 0 aromatic carbocycles. The zero-order chi connectivity index (χ0) is 21.3. The summed E-state index contributed by atoms with van der Waals surface area (Å²) in [5, 5.41) is 14.8. The molecule has 0 spiro atoms.